The first kappa shape index (κ1) is 20.1. The summed E-state index contributed by atoms with van der Waals surface area (Å²) >= 11 is 7.45. The van der Waals surface area contributed by atoms with Crippen LogP contribution < -0.4 is 5.43 Å². The summed E-state index contributed by atoms with van der Waals surface area (Å²) < 4.78 is 29.7. The van der Waals surface area contributed by atoms with Crippen LogP contribution in [0.25, 0.3) is 11.0 Å². The first-order valence-corrected chi connectivity index (χ1v) is 12.1. The molecule has 4 rings (SSSR count). The van der Waals surface area contributed by atoms with E-state index < -0.39 is 21.8 Å². The fourth-order valence-corrected chi connectivity index (χ4v) is 6.29. The van der Waals surface area contributed by atoms with Crippen molar-refractivity contribution < 1.29 is 17.6 Å². The van der Waals surface area contributed by atoms with E-state index in [0.717, 1.165) is 16.5 Å². The molecule has 1 aliphatic heterocycles. The van der Waals surface area contributed by atoms with Gasteiger partial charge >= 0.3 is 0 Å². The monoisotopic (exact) mass is 451 g/mol. The first-order chi connectivity index (χ1) is 13.7. The van der Waals surface area contributed by atoms with Gasteiger partial charge in [-0.2, -0.15) is 0 Å². The minimum Gasteiger partial charge on any atom is -0.451 e. The fourth-order valence-electron chi connectivity index (χ4n) is 3.48. The van der Waals surface area contributed by atoms with Crippen LogP contribution in [0, 0.1) is 6.92 Å². The summed E-state index contributed by atoms with van der Waals surface area (Å²) in [5, 5.41) is 2.62. The second kappa shape index (κ2) is 7.59. The Morgan fingerprint density at radius 3 is 2.76 bits per heavy atom. The minimum atomic E-state index is -3.19. The molecule has 0 aliphatic carbocycles. The van der Waals surface area contributed by atoms with Crippen molar-refractivity contribution in [3.63, 3.8) is 0 Å². The Balaban J connectivity index is 1.75. The number of benzene rings is 1. The third-order valence-corrected chi connectivity index (χ3v) is 8.09. The van der Waals surface area contributed by atoms with Crippen molar-refractivity contribution in [1.82, 2.24) is 4.90 Å². The Labute approximate surface area is 176 Å². The van der Waals surface area contributed by atoms with E-state index in [1.807, 2.05) is 18.4 Å². The van der Waals surface area contributed by atoms with Crippen LogP contribution in [0.2, 0.25) is 5.02 Å². The molecule has 0 radical (unpaired) electrons. The molecule has 1 aliphatic rings. The van der Waals surface area contributed by atoms with E-state index in [1.54, 1.807) is 12.1 Å². The van der Waals surface area contributed by atoms with Gasteiger partial charge in [0.2, 0.25) is 0 Å². The number of sulfone groups is 1. The van der Waals surface area contributed by atoms with Gasteiger partial charge in [0.15, 0.2) is 21.0 Å². The van der Waals surface area contributed by atoms with Crippen LogP contribution >= 0.6 is 22.9 Å². The van der Waals surface area contributed by atoms with Crippen LogP contribution in [-0.2, 0) is 16.4 Å². The number of hydrogen-bond donors (Lipinski definition) is 0. The summed E-state index contributed by atoms with van der Waals surface area (Å²) in [4.78, 5) is 28.3. The molecule has 0 unspecified atom stereocenters. The molecule has 6 nitrogen and oxygen atoms in total. The molecular formula is C20H18ClNO5S2. The Kier molecular flexibility index (Phi) is 5.27. The lowest BCUT2D eigenvalue weighted by molar-refractivity contribution is 0.0650. The summed E-state index contributed by atoms with van der Waals surface area (Å²) in [6.07, 6.45) is 0.367. The quantitative estimate of drug-likeness (QED) is 0.604. The molecule has 1 fully saturated rings. The number of carbonyl (C=O) groups excluding carboxylic acids is 1. The number of thiophene rings is 1. The van der Waals surface area contributed by atoms with Crippen LogP contribution in [0.1, 0.15) is 27.4 Å². The zero-order valence-corrected chi connectivity index (χ0v) is 17.9. The second-order valence-corrected chi connectivity index (χ2v) is 10.8. The highest BCUT2D eigenvalue weighted by Crippen LogP contribution is 2.26. The molecule has 0 N–H and O–H groups in total. The fraction of sp³-hybridized carbons (Fsp3) is 0.300. The molecular weight excluding hydrogens is 434 g/mol. The van der Waals surface area contributed by atoms with Gasteiger partial charge < -0.3 is 9.32 Å². The summed E-state index contributed by atoms with van der Waals surface area (Å²) in [5.41, 5.74) is 0.920. The van der Waals surface area contributed by atoms with Crippen LogP contribution in [0.4, 0.5) is 0 Å². The van der Waals surface area contributed by atoms with Crippen LogP contribution in [-0.4, -0.2) is 36.8 Å². The van der Waals surface area contributed by atoms with Crippen molar-refractivity contribution in [3.8, 4) is 0 Å². The maximum atomic E-state index is 13.3. The zero-order chi connectivity index (χ0) is 20.8. The lowest BCUT2D eigenvalue weighted by Crippen LogP contribution is -2.40. The normalized spacial score (nSPS) is 18.2. The van der Waals surface area contributed by atoms with Crippen molar-refractivity contribution in [2.45, 2.75) is 25.9 Å². The summed E-state index contributed by atoms with van der Waals surface area (Å²) in [6.45, 7) is 2.21. The van der Waals surface area contributed by atoms with Gasteiger partial charge in [-0.3, -0.25) is 9.59 Å². The average Bonchev–Trinajstić information content (AvgIpc) is 3.24. The molecule has 0 saturated carbocycles. The minimum absolute atomic E-state index is 0.0467. The van der Waals surface area contributed by atoms with E-state index in [0.29, 0.717) is 11.4 Å². The van der Waals surface area contributed by atoms with Gasteiger partial charge in [-0.25, -0.2) is 8.42 Å². The maximum absolute atomic E-state index is 13.3. The van der Waals surface area contributed by atoms with E-state index in [-0.39, 0.29) is 40.2 Å². The predicted octanol–water partition coefficient (Wildman–Crippen LogP) is 3.65. The predicted molar refractivity (Wildman–Crippen MR) is 113 cm³/mol. The Bertz CT molecular complexity index is 1260. The molecule has 152 valence electrons. The molecule has 1 atom stereocenters. The number of amides is 1. The number of hydrogen-bond acceptors (Lipinski definition) is 6. The number of nitrogens with zero attached hydrogens (tertiary/aromatic N) is 1. The SMILES string of the molecule is Cc1ccsc1CN(C(=O)c1cc(=O)c2cc(Cl)ccc2o1)[C@H]1CCS(=O)(=O)C1. The molecule has 9 heteroatoms. The molecule has 29 heavy (non-hydrogen) atoms. The summed E-state index contributed by atoms with van der Waals surface area (Å²) in [5.74, 6) is -0.640. The number of aryl methyl sites for hydroxylation is 1. The molecule has 1 aromatic carbocycles. The van der Waals surface area contributed by atoms with Gasteiger partial charge in [0.25, 0.3) is 5.91 Å². The smallest absolute Gasteiger partial charge is 0.290 e. The lowest BCUT2D eigenvalue weighted by Gasteiger charge is -2.27. The molecule has 1 saturated heterocycles. The third kappa shape index (κ3) is 4.10. The molecule has 1 amide bonds. The van der Waals surface area contributed by atoms with Crippen molar-refractivity contribution in [2.24, 2.45) is 0 Å². The zero-order valence-electron chi connectivity index (χ0n) is 15.6. The van der Waals surface area contributed by atoms with Crippen molar-refractivity contribution in [3.05, 3.63) is 67.2 Å². The highest BCUT2D eigenvalue weighted by Gasteiger charge is 2.36. The molecule has 0 spiro atoms. The lowest BCUT2D eigenvalue weighted by atomic mass is 10.1. The summed E-state index contributed by atoms with van der Waals surface area (Å²) in [6, 6.07) is 7.27. The van der Waals surface area contributed by atoms with Gasteiger partial charge in [-0.15, -0.1) is 11.3 Å². The highest BCUT2D eigenvalue weighted by atomic mass is 35.5. The van der Waals surface area contributed by atoms with Gasteiger partial charge in [0.05, 0.1) is 23.4 Å². The molecule has 2 aromatic heterocycles. The van der Waals surface area contributed by atoms with Crippen LogP contribution in [0.15, 0.2) is 44.9 Å². The van der Waals surface area contributed by atoms with E-state index in [4.69, 9.17) is 16.0 Å². The number of halogens is 1. The molecule has 3 heterocycles. The third-order valence-electron chi connectivity index (χ3n) is 5.09. The number of fused-ring (bicyclic) bond motifs is 1. The Hall–Kier alpha value is -2.16. The van der Waals surface area contributed by atoms with E-state index in [1.165, 1.54) is 22.3 Å². The topological polar surface area (TPSA) is 84.7 Å². The molecule has 0 bridgehead atoms. The van der Waals surface area contributed by atoms with Gasteiger partial charge in [0, 0.05) is 22.0 Å². The van der Waals surface area contributed by atoms with Crippen molar-refractivity contribution in [2.75, 3.05) is 11.5 Å². The second-order valence-electron chi connectivity index (χ2n) is 7.13. The Morgan fingerprint density at radius 1 is 1.31 bits per heavy atom. The van der Waals surface area contributed by atoms with Gasteiger partial charge in [0.1, 0.15) is 5.58 Å². The van der Waals surface area contributed by atoms with Crippen molar-refractivity contribution >= 4 is 49.7 Å². The van der Waals surface area contributed by atoms with E-state index in [2.05, 4.69) is 0 Å². The number of rotatable bonds is 4. The van der Waals surface area contributed by atoms with Crippen LogP contribution in [0.3, 0.4) is 0 Å². The molecule has 3 aromatic rings. The van der Waals surface area contributed by atoms with Crippen molar-refractivity contribution in [1.29, 1.82) is 0 Å². The maximum Gasteiger partial charge on any atom is 0.290 e. The summed E-state index contributed by atoms with van der Waals surface area (Å²) in [7, 11) is -3.19. The average molecular weight is 452 g/mol. The highest BCUT2D eigenvalue weighted by molar-refractivity contribution is 7.91. The van der Waals surface area contributed by atoms with Gasteiger partial charge in [-0.05, 0) is 48.6 Å². The first-order valence-electron chi connectivity index (χ1n) is 9.01. The number of carbonyl (C=O) groups is 1. The van der Waals surface area contributed by atoms with E-state index in [9.17, 15) is 18.0 Å². The van der Waals surface area contributed by atoms with Gasteiger partial charge in [-0.1, -0.05) is 11.6 Å². The largest absolute Gasteiger partial charge is 0.451 e. The van der Waals surface area contributed by atoms with E-state index >= 15 is 0 Å². The Morgan fingerprint density at radius 2 is 2.10 bits per heavy atom. The van der Waals surface area contributed by atoms with Crippen LogP contribution in [0.5, 0.6) is 0 Å². The standard InChI is InChI=1S/C20H18ClNO5S2/c1-12-4-6-28-19(12)10-22(14-5-7-29(25,26)11-14)20(24)18-9-16(23)15-8-13(21)2-3-17(15)27-18/h2-4,6,8-9,14H,5,7,10-11H2,1H3/t14-/m0/s1.